The van der Waals surface area contributed by atoms with Crippen molar-refractivity contribution in [2.24, 2.45) is 0 Å². The van der Waals surface area contributed by atoms with Crippen molar-refractivity contribution >= 4 is 11.7 Å². The molecule has 1 saturated heterocycles. The van der Waals surface area contributed by atoms with Crippen molar-refractivity contribution in [3.8, 4) is 11.8 Å². The van der Waals surface area contributed by atoms with Gasteiger partial charge < -0.3 is 25.4 Å². The van der Waals surface area contributed by atoms with E-state index in [4.69, 9.17) is 9.84 Å². The van der Waals surface area contributed by atoms with Crippen molar-refractivity contribution in [2.45, 2.75) is 31.7 Å². The van der Waals surface area contributed by atoms with Crippen LogP contribution in [0, 0.1) is 0 Å². The number of carboxylic acid groups (broad SMARTS) is 1. The van der Waals surface area contributed by atoms with Gasteiger partial charge in [-0.2, -0.15) is 0 Å². The molecule has 120 valence electrons. The van der Waals surface area contributed by atoms with Crippen molar-refractivity contribution in [1.82, 2.24) is 4.57 Å². The molecule has 3 heterocycles. The first kappa shape index (κ1) is 14.0. The van der Waals surface area contributed by atoms with Crippen molar-refractivity contribution in [3.05, 3.63) is 41.0 Å². The van der Waals surface area contributed by atoms with E-state index in [2.05, 4.69) is 5.32 Å². The van der Waals surface area contributed by atoms with Gasteiger partial charge in [0.25, 0.3) is 0 Å². The zero-order chi connectivity index (χ0) is 16.1. The molecule has 2 atom stereocenters. The lowest BCUT2D eigenvalue weighted by Crippen LogP contribution is -2.08. The Hall–Kier alpha value is -2.67. The van der Waals surface area contributed by atoms with E-state index in [0.29, 0.717) is 16.8 Å². The number of hydrogen-bond donors (Lipinski definition) is 4. The highest BCUT2D eigenvalue weighted by Gasteiger charge is 2.45. The largest absolute Gasteiger partial charge is 0.494 e. The number of carboxylic acids is 1. The Morgan fingerprint density at radius 1 is 1.13 bits per heavy atom. The predicted octanol–water partition coefficient (Wildman–Crippen LogP) is 2.57. The number of anilines is 1. The lowest BCUT2D eigenvalue weighted by Gasteiger charge is -2.12. The number of carbonyl (C=O) groups is 1. The van der Waals surface area contributed by atoms with Gasteiger partial charge in [0.2, 0.25) is 11.8 Å². The zero-order valence-electron chi connectivity index (χ0n) is 12.2. The first-order valence-electron chi connectivity index (χ1n) is 7.43. The average Bonchev–Trinajstić information content (AvgIpc) is 3.21. The van der Waals surface area contributed by atoms with Crippen LogP contribution in [-0.4, -0.2) is 25.9 Å². The molecule has 4 N–H and O–H groups in total. The summed E-state index contributed by atoms with van der Waals surface area (Å²) in [6.07, 6.45) is 1.46. The highest BCUT2D eigenvalue weighted by molar-refractivity contribution is 5.87. The number of aromatic nitrogens is 1. The minimum absolute atomic E-state index is 0.0272. The van der Waals surface area contributed by atoms with E-state index in [0.717, 1.165) is 12.8 Å². The van der Waals surface area contributed by atoms with Crippen molar-refractivity contribution in [3.63, 3.8) is 0 Å². The predicted molar refractivity (Wildman–Crippen MR) is 80.6 cm³/mol. The molecule has 7 heteroatoms. The molecular weight excluding hydrogens is 300 g/mol. The Bertz CT molecular complexity index is 747. The number of ether oxygens (including phenoxy) is 1. The second-order valence-corrected chi connectivity index (χ2v) is 5.81. The molecule has 2 bridgehead atoms. The molecule has 0 radical (unpaired) electrons. The van der Waals surface area contributed by atoms with Crippen LogP contribution in [0.15, 0.2) is 24.3 Å². The van der Waals surface area contributed by atoms with Crippen LogP contribution in [0.3, 0.4) is 0 Å². The van der Waals surface area contributed by atoms with Crippen LogP contribution >= 0.6 is 0 Å². The number of rotatable bonds is 4. The van der Waals surface area contributed by atoms with Crippen LogP contribution in [0.4, 0.5) is 5.69 Å². The van der Waals surface area contributed by atoms with Crippen LogP contribution in [-0.2, 0) is 11.4 Å². The van der Waals surface area contributed by atoms with Crippen LogP contribution in [0.5, 0.6) is 11.8 Å². The van der Waals surface area contributed by atoms with Crippen LogP contribution in [0.25, 0.3) is 0 Å². The maximum Gasteiger partial charge on any atom is 0.335 e. The molecule has 1 aromatic carbocycles. The Morgan fingerprint density at radius 3 is 2.22 bits per heavy atom. The highest BCUT2D eigenvalue weighted by atomic mass is 16.5. The molecule has 0 aliphatic carbocycles. The number of benzene rings is 1. The smallest absolute Gasteiger partial charge is 0.335 e. The molecule has 4 rings (SSSR count). The molecule has 0 saturated carbocycles. The molecule has 1 fully saturated rings. The third kappa shape index (κ3) is 2.04. The molecule has 0 amide bonds. The van der Waals surface area contributed by atoms with Crippen molar-refractivity contribution in [2.75, 3.05) is 5.32 Å². The summed E-state index contributed by atoms with van der Waals surface area (Å²) in [4.78, 5) is 10.8. The summed E-state index contributed by atoms with van der Waals surface area (Å²) < 4.78 is 7.09. The fraction of sp³-hybridized carbons (Fsp3) is 0.312. The van der Waals surface area contributed by atoms with Crippen LogP contribution in [0.1, 0.15) is 46.5 Å². The van der Waals surface area contributed by atoms with Gasteiger partial charge in [0.05, 0.1) is 35.6 Å². The van der Waals surface area contributed by atoms with Gasteiger partial charge in [-0.15, -0.1) is 0 Å². The first-order valence-corrected chi connectivity index (χ1v) is 7.43. The molecule has 2 aliphatic heterocycles. The lowest BCUT2D eigenvalue weighted by molar-refractivity contribution is 0.0677. The van der Waals surface area contributed by atoms with E-state index in [1.165, 1.54) is 16.7 Å². The second-order valence-electron chi connectivity index (χ2n) is 5.81. The monoisotopic (exact) mass is 316 g/mol. The standard InChI is InChI=1S/C16H16N2O5/c19-14-12-10-5-6-11(23-10)13(12)15(20)18(14)7-17-9-3-1-8(2-4-9)16(21)22/h1-4,10-11,17,19-20H,5-7H2,(H,21,22)/t10-,11+. The number of nitrogens with zero attached hydrogens (tertiary/aromatic N) is 1. The van der Waals surface area contributed by atoms with Crippen molar-refractivity contribution < 1.29 is 24.9 Å². The summed E-state index contributed by atoms with van der Waals surface area (Å²) in [5, 5.41) is 32.6. The van der Waals surface area contributed by atoms with E-state index >= 15 is 0 Å². The number of fused-ring (bicyclic) bond motifs is 5. The Kier molecular flexibility index (Phi) is 2.99. The van der Waals surface area contributed by atoms with Crippen LogP contribution in [0.2, 0.25) is 0 Å². The zero-order valence-corrected chi connectivity index (χ0v) is 12.2. The number of aromatic carboxylic acids is 1. The minimum Gasteiger partial charge on any atom is -0.494 e. The number of aromatic hydroxyl groups is 2. The van der Waals surface area contributed by atoms with E-state index in [9.17, 15) is 15.0 Å². The first-order chi connectivity index (χ1) is 11.1. The topological polar surface area (TPSA) is 104 Å². The van der Waals surface area contributed by atoms with Gasteiger partial charge in [-0.1, -0.05) is 0 Å². The molecule has 2 aliphatic rings. The van der Waals surface area contributed by atoms with Gasteiger partial charge in [-0.25, -0.2) is 4.79 Å². The highest BCUT2D eigenvalue weighted by Crippen LogP contribution is 2.57. The van der Waals surface area contributed by atoms with Gasteiger partial charge in [0.1, 0.15) is 0 Å². The molecule has 23 heavy (non-hydrogen) atoms. The van der Waals surface area contributed by atoms with E-state index in [1.54, 1.807) is 12.1 Å². The van der Waals surface area contributed by atoms with Crippen molar-refractivity contribution in [1.29, 1.82) is 0 Å². The maximum absolute atomic E-state index is 10.8. The minimum atomic E-state index is -0.982. The second kappa shape index (κ2) is 4.92. The van der Waals surface area contributed by atoms with Gasteiger partial charge in [-0.05, 0) is 37.1 Å². The molecular formula is C16H16N2O5. The summed E-state index contributed by atoms with van der Waals surface area (Å²) >= 11 is 0. The van der Waals surface area contributed by atoms with Crippen LogP contribution < -0.4 is 5.32 Å². The summed E-state index contributed by atoms with van der Waals surface area (Å²) in [6, 6.07) is 6.27. The maximum atomic E-state index is 10.8. The van der Waals surface area contributed by atoms with E-state index in [1.807, 2.05) is 0 Å². The third-order valence-electron chi connectivity index (χ3n) is 4.52. The number of hydrogen-bond acceptors (Lipinski definition) is 5. The van der Waals surface area contributed by atoms with Gasteiger partial charge in [0.15, 0.2) is 0 Å². The molecule has 0 spiro atoms. The van der Waals surface area contributed by atoms with Gasteiger partial charge >= 0.3 is 5.97 Å². The van der Waals surface area contributed by atoms with E-state index < -0.39 is 5.97 Å². The molecule has 1 aromatic heterocycles. The normalized spacial score (nSPS) is 21.4. The lowest BCUT2D eigenvalue weighted by atomic mass is 9.95. The fourth-order valence-electron chi connectivity index (χ4n) is 3.38. The third-order valence-corrected chi connectivity index (χ3v) is 4.52. The average molecular weight is 316 g/mol. The summed E-state index contributed by atoms with van der Waals surface area (Å²) in [7, 11) is 0. The van der Waals surface area contributed by atoms with Gasteiger partial charge in [0, 0.05) is 5.69 Å². The number of nitrogens with one attached hydrogen (secondary N) is 1. The molecule has 7 nitrogen and oxygen atoms in total. The molecule has 2 aromatic rings. The Balaban J connectivity index is 1.55. The summed E-state index contributed by atoms with van der Waals surface area (Å²) in [5.41, 5.74) is 2.29. The summed E-state index contributed by atoms with van der Waals surface area (Å²) in [5.74, 6) is -0.928. The van der Waals surface area contributed by atoms with Gasteiger partial charge in [-0.3, -0.25) is 4.57 Å². The Morgan fingerprint density at radius 2 is 1.70 bits per heavy atom. The molecule has 0 unspecified atom stereocenters. The Labute approximate surface area is 131 Å². The quantitative estimate of drug-likeness (QED) is 0.691. The van der Waals surface area contributed by atoms with E-state index in [-0.39, 0.29) is 36.2 Å². The summed E-state index contributed by atoms with van der Waals surface area (Å²) in [6.45, 7) is 0.177. The fourth-order valence-corrected chi connectivity index (χ4v) is 3.38. The SMILES string of the molecule is O=C(O)c1ccc(NCn2c(O)c3c(c2O)[C@H]2CC[C@@H]3O2)cc1.